The standard InChI is InChI=1S/C18H19F2N3O3/c19-15-6-21-17(20)5-14(15)18(24)23-9-13-8-22(2-4-26-16(13)10-23)7-12-1-3-25-11-12/h1,3,5-6,11,13,16H,2,4,7-10H2/t13-,16+/m0/s1. The summed E-state index contributed by atoms with van der Waals surface area (Å²) in [5, 5.41) is 0. The lowest BCUT2D eigenvalue weighted by atomic mass is 10.1. The average molecular weight is 363 g/mol. The van der Waals surface area contributed by atoms with Gasteiger partial charge in [-0.15, -0.1) is 0 Å². The van der Waals surface area contributed by atoms with Crippen LogP contribution >= 0.6 is 0 Å². The van der Waals surface area contributed by atoms with Crippen LogP contribution in [0.2, 0.25) is 0 Å². The number of nitrogens with zero attached hydrogens (tertiary/aromatic N) is 3. The molecule has 2 aliphatic rings. The lowest BCUT2D eigenvalue weighted by molar-refractivity contribution is 0.0482. The van der Waals surface area contributed by atoms with E-state index >= 15 is 0 Å². The Hall–Kier alpha value is -2.32. The minimum absolute atomic E-state index is 0.0944. The van der Waals surface area contributed by atoms with E-state index in [0.717, 1.165) is 37.5 Å². The largest absolute Gasteiger partial charge is 0.472 e. The van der Waals surface area contributed by atoms with Crippen LogP contribution in [0, 0.1) is 17.7 Å². The fourth-order valence-electron chi connectivity index (χ4n) is 3.66. The summed E-state index contributed by atoms with van der Waals surface area (Å²) in [6.07, 6.45) is 4.00. The molecule has 8 heteroatoms. The minimum Gasteiger partial charge on any atom is -0.472 e. The molecule has 0 spiro atoms. The number of aromatic nitrogens is 1. The van der Waals surface area contributed by atoms with E-state index < -0.39 is 17.7 Å². The lowest BCUT2D eigenvalue weighted by Crippen LogP contribution is -2.34. The van der Waals surface area contributed by atoms with Crippen LogP contribution in [-0.4, -0.2) is 59.6 Å². The Labute approximate surface area is 149 Å². The molecule has 26 heavy (non-hydrogen) atoms. The summed E-state index contributed by atoms with van der Waals surface area (Å²) in [5.74, 6) is -2.08. The summed E-state index contributed by atoms with van der Waals surface area (Å²) >= 11 is 0. The number of fused-ring (bicyclic) bond motifs is 1. The van der Waals surface area contributed by atoms with Gasteiger partial charge in [-0.2, -0.15) is 4.39 Å². The van der Waals surface area contributed by atoms with E-state index in [0.29, 0.717) is 19.7 Å². The molecule has 2 saturated heterocycles. The Kier molecular flexibility index (Phi) is 4.69. The van der Waals surface area contributed by atoms with Gasteiger partial charge in [0, 0.05) is 50.3 Å². The molecule has 4 rings (SSSR count). The van der Waals surface area contributed by atoms with Crippen LogP contribution < -0.4 is 0 Å². The van der Waals surface area contributed by atoms with Gasteiger partial charge in [0.15, 0.2) is 5.82 Å². The molecule has 0 aliphatic carbocycles. The normalized spacial score (nSPS) is 23.7. The van der Waals surface area contributed by atoms with Gasteiger partial charge >= 0.3 is 0 Å². The predicted octanol–water partition coefficient (Wildman–Crippen LogP) is 1.93. The Bertz CT molecular complexity index is 784. The zero-order valence-corrected chi connectivity index (χ0v) is 14.1. The first kappa shape index (κ1) is 17.1. The summed E-state index contributed by atoms with van der Waals surface area (Å²) < 4.78 is 38.2. The van der Waals surface area contributed by atoms with Crippen LogP contribution in [0.3, 0.4) is 0 Å². The van der Waals surface area contributed by atoms with Crippen molar-refractivity contribution in [1.82, 2.24) is 14.8 Å². The fourth-order valence-corrected chi connectivity index (χ4v) is 3.66. The van der Waals surface area contributed by atoms with E-state index in [1.54, 1.807) is 12.5 Å². The first-order valence-electron chi connectivity index (χ1n) is 8.55. The fraction of sp³-hybridized carbons (Fsp3) is 0.444. The van der Waals surface area contributed by atoms with Crippen molar-refractivity contribution in [2.45, 2.75) is 12.6 Å². The van der Waals surface area contributed by atoms with E-state index in [1.165, 1.54) is 4.90 Å². The van der Waals surface area contributed by atoms with Crippen LogP contribution in [0.4, 0.5) is 8.78 Å². The third-order valence-electron chi connectivity index (χ3n) is 4.94. The Morgan fingerprint density at radius 2 is 2.19 bits per heavy atom. The summed E-state index contributed by atoms with van der Waals surface area (Å²) in [6, 6.07) is 2.77. The smallest absolute Gasteiger partial charge is 0.257 e. The van der Waals surface area contributed by atoms with Crippen molar-refractivity contribution in [3.8, 4) is 0 Å². The van der Waals surface area contributed by atoms with Gasteiger partial charge in [0.2, 0.25) is 5.95 Å². The highest BCUT2D eigenvalue weighted by atomic mass is 19.1. The zero-order valence-electron chi connectivity index (χ0n) is 14.1. The van der Waals surface area contributed by atoms with Crippen LogP contribution in [0.25, 0.3) is 0 Å². The molecule has 0 N–H and O–H groups in total. The van der Waals surface area contributed by atoms with E-state index in [-0.39, 0.29) is 17.6 Å². The van der Waals surface area contributed by atoms with E-state index in [2.05, 4.69) is 9.88 Å². The average Bonchev–Trinajstić information content (AvgIpc) is 3.23. The van der Waals surface area contributed by atoms with Crippen molar-refractivity contribution >= 4 is 5.91 Å². The molecule has 0 radical (unpaired) electrons. The highest BCUT2D eigenvalue weighted by molar-refractivity contribution is 5.94. The van der Waals surface area contributed by atoms with Gasteiger partial charge < -0.3 is 14.1 Å². The molecular weight excluding hydrogens is 344 g/mol. The van der Waals surface area contributed by atoms with E-state index in [1.807, 2.05) is 6.07 Å². The Morgan fingerprint density at radius 3 is 3.00 bits per heavy atom. The molecule has 0 bridgehead atoms. The number of rotatable bonds is 3. The van der Waals surface area contributed by atoms with Crippen LogP contribution in [0.15, 0.2) is 35.3 Å². The van der Waals surface area contributed by atoms with Crippen molar-refractivity contribution in [2.24, 2.45) is 5.92 Å². The molecule has 2 atom stereocenters. The van der Waals surface area contributed by atoms with Crippen molar-refractivity contribution < 1.29 is 22.7 Å². The van der Waals surface area contributed by atoms with Crippen molar-refractivity contribution in [2.75, 3.05) is 32.8 Å². The van der Waals surface area contributed by atoms with Crippen molar-refractivity contribution in [1.29, 1.82) is 0 Å². The number of amides is 1. The second kappa shape index (κ2) is 7.13. The number of pyridine rings is 1. The first-order chi connectivity index (χ1) is 12.6. The summed E-state index contributed by atoms with van der Waals surface area (Å²) in [6.45, 7) is 3.73. The molecule has 1 amide bonds. The van der Waals surface area contributed by atoms with Gasteiger partial charge in [-0.1, -0.05) is 0 Å². The van der Waals surface area contributed by atoms with E-state index in [9.17, 15) is 13.6 Å². The predicted molar refractivity (Wildman–Crippen MR) is 87.3 cm³/mol. The topological polar surface area (TPSA) is 58.8 Å². The van der Waals surface area contributed by atoms with Crippen molar-refractivity contribution in [3.05, 3.63) is 53.7 Å². The molecule has 138 valence electrons. The highest BCUT2D eigenvalue weighted by Crippen LogP contribution is 2.26. The molecular formula is C18H19F2N3O3. The number of carbonyl (C=O) groups excluding carboxylic acids is 1. The number of ether oxygens (including phenoxy) is 1. The molecule has 0 aromatic carbocycles. The number of likely N-dealkylation sites (tertiary alicyclic amines) is 1. The van der Waals surface area contributed by atoms with Gasteiger partial charge in [-0.3, -0.25) is 9.69 Å². The second-order valence-corrected chi connectivity index (χ2v) is 6.73. The highest BCUT2D eigenvalue weighted by Gasteiger charge is 2.39. The van der Waals surface area contributed by atoms with Gasteiger partial charge in [-0.25, -0.2) is 9.37 Å². The van der Waals surface area contributed by atoms with E-state index in [4.69, 9.17) is 9.15 Å². The maximum atomic E-state index is 13.9. The monoisotopic (exact) mass is 363 g/mol. The zero-order chi connectivity index (χ0) is 18.1. The number of furan rings is 1. The lowest BCUT2D eigenvalue weighted by Gasteiger charge is -2.22. The van der Waals surface area contributed by atoms with Crippen molar-refractivity contribution in [3.63, 3.8) is 0 Å². The van der Waals surface area contributed by atoms with Gasteiger partial charge in [0.25, 0.3) is 5.91 Å². The molecule has 2 fully saturated rings. The molecule has 0 unspecified atom stereocenters. The quantitative estimate of drug-likeness (QED) is 0.780. The molecule has 2 aromatic heterocycles. The molecule has 2 aliphatic heterocycles. The first-order valence-corrected chi connectivity index (χ1v) is 8.55. The maximum absolute atomic E-state index is 13.9. The third kappa shape index (κ3) is 3.47. The van der Waals surface area contributed by atoms with Gasteiger partial charge in [-0.05, 0) is 6.07 Å². The number of hydrogen-bond donors (Lipinski definition) is 0. The van der Waals surface area contributed by atoms with Crippen LogP contribution in [-0.2, 0) is 11.3 Å². The Balaban J connectivity index is 1.45. The second-order valence-electron chi connectivity index (χ2n) is 6.73. The summed E-state index contributed by atoms with van der Waals surface area (Å²) in [5.41, 5.74) is 0.799. The number of halogens is 2. The van der Waals surface area contributed by atoms with Gasteiger partial charge in [0.1, 0.15) is 0 Å². The number of carbonyl (C=O) groups is 1. The maximum Gasteiger partial charge on any atom is 0.257 e. The minimum atomic E-state index is -0.870. The number of hydrogen-bond acceptors (Lipinski definition) is 5. The summed E-state index contributed by atoms with van der Waals surface area (Å²) in [7, 11) is 0. The van der Waals surface area contributed by atoms with Crippen LogP contribution in [0.5, 0.6) is 0 Å². The molecule has 0 saturated carbocycles. The molecule has 6 nitrogen and oxygen atoms in total. The van der Waals surface area contributed by atoms with Gasteiger partial charge in [0.05, 0.1) is 37.0 Å². The molecule has 2 aromatic rings. The third-order valence-corrected chi connectivity index (χ3v) is 4.94. The molecule has 4 heterocycles. The summed E-state index contributed by atoms with van der Waals surface area (Å²) in [4.78, 5) is 19.6. The Morgan fingerprint density at radius 1 is 1.31 bits per heavy atom. The van der Waals surface area contributed by atoms with Crippen LogP contribution in [0.1, 0.15) is 15.9 Å². The SMILES string of the molecule is O=C(c1cc(F)ncc1F)N1C[C@@H]2CN(Cc3ccoc3)CCO[C@@H]2C1.